The number of hydrogen-bond donors (Lipinski definition) is 0. The minimum Gasteiger partial charge on any atom is -0.465 e. The van der Waals surface area contributed by atoms with Crippen LogP contribution in [-0.4, -0.2) is 39.5 Å². The minimum atomic E-state index is -1.71. The van der Waals surface area contributed by atoms with Crippen molar-refractivity contribution in [2.75, 3.05) is 7.11 Å². The zero-order chi connectivity index (χ0) is 18.5. The Labute approximate surface area is 154 Å². The summed E-state index contributed by atoms with van der Waals surface area (Å²) in [6.45, 7) is 14.9. The Hall–Kier alpha value is -0.628. The van der Waals surface area contributed by atoms with Gasteiger partial charge in [-0.25, -0.2) is 4.79 Å². The zero-order valence-electron chi connectivity index (χ0n) is 15.7. The highest BCUT2D eigenvalue weighted by molar-refractivity contribution is 9.10. The van der Waals surface area contributed by atoms with Crippen LogP contribution in [0.3, 0.4) is 0 Å². The van der Waals surface area contributed by atoms with Gasteiger partial charge < -0.3 is 14.0 Å². The third-order valence-electron chi connectivity index (χ3n) is 4.80. The molecule has 1 saturated heterocycles. The quantitative estimate of drug-likeness (QED) is 0.565. The average Bonchev–Trinajstić information content (AvgIpc) is 2.64. The summed E-state index contributed by atoms with van der Waals surface area (Å²) in [5.74, 6) is -0.365. The zero-order valence-corrected chi connectivity index (χ0v) is 18.3. The van der Waals surface area contributed by atoms with Gasteiger partial charge in [0.1, 0.15) is 0 Å². The number of halogens is 1. The second-order valence-electron chi connectivity index (χ2n) is 8.25. The molecule has 0 spiro atoms. The summed E-state index contributed by atoms with van der Waals surface area (Å²) in [5, 5.41) is 1.20. The van der Waals surface area contributed by atoms with Gasteiger partial charge in [0, 0.05) is 4.47 Å². The Balaban J connectivity index is 2.63. The summed E-state index contributed by atoms with van der Waals surface area (Å²) < 4.78 is 18.3. The minimum absolute atomic E-state index is 0.365. The van der Waals surface area contributed by atoms with Crippen LogP contribution in [0.15, 0.2) is 16.6 Å². The van der Waals surface area contributed by atoms with Crippen LogP contribution in [0.25, 0.3) is 0 Å². The Bertz CT molecular complexity index is 651. The van der Waals surface area contributed by atoms with Crippen molar-refractivity contribution in [3.05, 3.63) is 22.2 Å². The van der Waals surface area contributed by atoms with Crippen molar-refractivity contribution in [3.63, 3.8) is 0 Å². The molecule has 1 heterocycles. The molecular weight excluding hydrogens is 387 g/mol. The van der Waals surface area contributed by atoms with E-state index in [1.54, 1.807) is 0 Å². The van der Waals surface area contributed by atoms with E-state index >= 15 is 0 Å². The molecule has 0 N–H and O–H groups in total. The van der Waals surface area contributed by atoms with E-state index in [4.69, 9.17) is 14.0 Å². The lowest BCUT2D eigenvalue weighted by atomic mass is 9.78. The number of carbonyl (C=O) groups is 1. The number of benzene rings is 1. The number of ether oxygens (including phenoxy) is 1. The molecule has 0 aliphatic carbocycles. The van der Waals surface area contributed by atoms with E-state index in [1.807, 2.05) is 39.8 Å². The van der Waals surface area contributed by atoms with Gasteiger partial charge >= 0.3 is 13.1 Å². The van der Waals surface area contributed by atoms with Crippen LogP contribution >= 0.6 is 15.9 Å². The van der Waals surface area contributed by atoms with Gasteiger partial charge in [-0.2, -0.15) is 0 Å². The highest BCUT2D eigenvalue weighted by Crippen LogP contribution is 2.36. The number of esters is 1. The van der Waals surface area contributed by atoms with Gasteiger partial charge in [0.25, 0.3) is 0 Å². The van der Waals surface area contributed by atoms with Crippen LogP contribution in [-0.2, 0) is 14.0 Å². The predicted molar refractivity (Wildman–Crippen MR) is 104 cm³/mol. The van der Waals surface area contributed by atoms with E-state index < -0.39 is 26.4 Å². The molecular formula is C17H26BBrO4Si. The molecule has 1 aliphatic rings. The molecule has 1 aromatic carbocycles. The molecule has 0 unspecified atom stereocenters. The standard InChI is InChI=1S/C17H26BBrO4Si/c1-16(2)17(3,4)23-18(22-16)12-9-11(15(20)21-5)10-13(19)14(12)24(6,7)8/h9-10H,1-8H3. The van der Waals surface area contributed by atoms with Crippen LogP contribution < -0.4 is 10.6 Å². The fourth-order valence-electron chi connectivity index (χ4n) is 2.81. The fourth-order valence-corrected chi connectivity index (χ4v) is 6.92. The molecule has 0 bridgehead atoms. The lowest BCUT2D eigenvalue weighted by molar-refractivity contribution is 0.00578. The highest BCUT2D eigenvalue weighted by atomic mass is 79.9. The molecule has 0 radical (unpaired) electrons. The lowest BCUT2D eigenvalue weighted by Crippen LogP contribution is -2.55. The van der Waals surface area contributed by atoms with Gasteiger partial charge in [-0.3, -0.25) is 0 Å². The monoisotopic (exact) mass is 412 g/mol. The first kappa shape index (κ1) is 19.7. The summed E-state index contributed by atoms with van der Waals surface area (Å²) in [7, 11) is -0.826. The molecule has 132 valence electrons. The maximum atomic E-state index is 12.0. The average molecular weight is 413 g/mol. The SMILES string of the molecule is COC(=O)c1cc(Br)c([Si](C)(C)C)c(B2OC(C)(C)C(C)(C)O2)c1. The largest absolute Gasteiger partial charge is 0.494 e. The molecule has 0 atom stereocenters. The van der Waals surface area contributed by atoms with E-state index in [0.29, 0.717) is 5.56 Å². The van der Waals surface area contributed by atoms with Gasteiger partial charge in [-0.1, -0.05) is 35.6 Å². The van der Waals surface area contributed by atoms with Crippen LogP contribution in [0, 0.1) is 0 Å². The number of carbonyl (C=O) groups excluding carboxylic acids is 1. The molecule has 1 fully saturated rings. The molecule has 1 aliphatic heterocycles. The molecule has 1 aromatic rings. The summed E-state index contributed by atoms with van der Waals surface area (Å²) in [6.07, 6.45) is 0. The van der Waals surface area contributed by atoms with Crippen LogP contribution in [0.5, 0.6) is 0 Å². The van der Waals surface area contributed by atoms with Crippen molar-refractivity contribution in [1.29, 1.82) is 0 Å². The van der Waals surface area contributed by atoms with Crippen molar-refractivity contribution in [2.45, 2.75) is 58.5 Å². The Morgan fingerprint density at radius 3 is 2.04 bits per heavy atom. The van der Waals surface area contributed by atoms with E-state index in [2.05, 4.69) is 35.6 Å². The first-order valence-electron chi connectivity index (χ1n) is 8.08. The Morgan fingerprint density at radius 2 is 1.62 bits per heavy atom. The molecule has 0 aromatic heterocycles. The lowest BCUT2D eigenvalue weighted by Gasteiger charge is -2.32. The Kier molecular flexibility index (Phi) is 5.14. The molecule has 4 nitrogen and oxygen atoms in total. The highest BCUT2D eigenvalue weighted by Gasteiger charge is 2.53. The Morgan fingerprint density at radius 1 is 1.12 bits per heavy atom. The normalized spacial score (nSPS) is 19.5. The summed E-state index contributed by atoms with van der Waals surface area (Å²) in [5.41, 5.74) is 0.559. The van der Waals surface area contributed by atoms with Crippen molar-refractivity contribution < 1.29 is 18.8 Å². The van der Waals surface area contributed by atoms with Crippen molar-refractivity contribution in [1.82, 2.24) is 0 Å². The smallest absolute Gasteiger partial charge is 0.465 e. The van der Waals surface area contributed by atoms with Crippen molar-refractivity contribution in [3.8, 4) is 0 Å². The van der Waals surface area contributed by atoms with Gasteiger partial charge in [0.15, 0.2) is 0 Å². The van der Waals surface area contributed by atoms with Crippen LogP contribution in [0.1, 0.15) is 38.1 Å². The van der Waals surface area contributed by atoms with Gasteiger partial charge in [0.05, 0.1) is 31.9 Å². The fraction of sp³-hybridized carbons (Fsp3) is 0.588. The first-order chi connectivity index (χ1) is 10.8. The number of rotatable bonds is 3. The number of hydrogen-bond acceptors (Lipinski definition) is 4. The third kappa shape index (κ3) is 3.50. The second-order valence-corrected chi connectivity index (χ2v) is 14.1. The summed E-state index contributed by atoms with van der Waals surface area (Å²) >= 11 is 3.65. The number of methoxy groups -OCH3 is 1. The molecule has 2 rings (SSSR count). The van der Waals surface area contributed by atoms with E-state index in [1.165, 1.54) is 12.3 Å². The topological polar surface area (TPSA) is 44.8 Å². The molecule has 24 heavy (non-hydrogen) atoms. The van der Waals surface area contributed by atoms with Crippen molar-refractivity contribution in [2.24, 2.45) is 0 Å². The summed E-state index contributed by atoms with van der Waals surface area (Å²) in [6, 6.07) is 3.68. The first-order valence-corrected chi connectivity index (χ1v) is 12.4. The van der Waals surface area contributed by atoms with E-state index in [-0.39, 0.29) is 5.97 Å². The maximum absolute atomic E-state index is 12.0. The van der Waals surface area contributed by atoms with Gasteiger partial charge in [-0.05, 0) is 50.5 Å². The third-order valence-corrected chi connectivity index (χ3v) is 7.85. The van der Waals surface area contributed by atoms with E-state index in [9.17, 15) is 4.79 Å². The van der Waals surface area contributed by atoms with Crippen molar-refractivity contribution >= 4 is 47.7 Å². The van der Waals surface area contributed by atoms with Gasteiger partial charge in [0.2, 0.25) is 0 Å². The molecule has 7 heteroatoms. The molecule has 0 amide bonds. The predicted octanol–water partition coefficient (Wildman–Crippen LogP) is 3.08. The second kappa shape index (κ2) is 6.27. The van der Waals surface area contributed by atoms with Gasteiger partial charge in [-0.15, -0.1) is 0 Å². The van der Waals surface area contributed by atoms with E-state index in [0.717, 1.165) is 9.94 Å². The van der Waals surface area contributed by atoms with Crippen LogP contribution in [0.2, 0.25) is 19.6 Å². The van der Waals surface area contributed by atoms with Crippen LogP contribution in [0.4, 0.5) is 0 Å². The summed E-state index contributed by atoms with van der Waals surface area (Å²) in [4.78, 5) is 12.0. The molecule has 0 saturated carbocycles. The maximum Gasteiger partial charge on any atom is 0.494 e.